The highest BCUT2D eigenvalue weighted by atomic mass is 16.5. The molecule has 0 aromatic rings. The number of methoxy groups -OCH3 is 1. The van der Waals surface area contributed by atoms with Crippen LogP contribution in [0.25, 0.3) is 0 Å². The van der Waals surface area contributed by atoms with Crippen molar-refractivity contribution in [3.05, 3.63) is 0 Å². The molecule has 2 nitrogen and oxygen atoms in total. The van der Waals surface area contributed by atoms with Crippen molar-refractivity contribution in [1.29, 1.82) is 0 Å². The Morgan fingerprint density at radius 2 is 1.92 bits per heavy atom. The van der Waals surface area contributed by atoms with E-state index in [1.165, 1.54) is 12.8 Å². The number of hydrogen-bond donors (Lipinski definition) is 1. The molecule has 0 saturated heterocycles. The summed E-state index contributed by atoms with van der Waals surface area (Å²) < 4.78 is 4.96. The molecule has 1 aliphatic carbocycles. The summed E-state index contributed by atoms with van der Waals surface area (Å²) in [7, 11) is 1.65. The van der Waals surface area contributed by atoms with E-state index in [0.29, 0.717) is 17.9 Å². The lowest BCUT2D eigenvalue weighted by Gasteiger charge is -2.36. The minimum Gasteiger partial charge on any atom is -0.390 e. The van der Waals surface area contributed by atoms with Gasteiger partial charge in [-0.1, -0.05) is 13.8 Å². The number of rotatable bonds is 3. The summed E-state index contributed by atoms with van der Waals surface area (Å²) in [5.74, 6) is 0.466. The average Bonchev–Trinajstić information content (AvgIpc) is 2.04. The van der Waals surface area contributed by atoms with E-state index in [0.717, 1.165) is 12.8 Å². The van der Waals surface area contributed by atoms with Crippen LogP contribution in [-0.2, 0) is 4.74 Å². The topological polar surface area (TPSA) is 29.5 Å². The van der Waals surface area contributed by atoms with E-state index < -0.39 is 0 Å². The molecular weight excluding hydrogens is 164 g/mol. The fraction of sp³-hybridized carbons (Fsp3) is 1.00. The molecule has 0 radical (unpaired) electrons. The molecule has 78 valence electrons. The van der Waals surface area contributed by atoms with Crippen LogP contribution in [0.5, 0.6) is 0 Å². The Balaban J connectivity index is 2.32. The van der Waals surface area contributed by atoms with Crippen molar-refractivity contribution in [3.8, 4) is 0 Å². The van der Waals surface area contributed by atoms with Crippen LogP contribution < -0.4 is 0 Å². The number of aliphatic hydroxyl groups is 1. The fourth-order valence-corrected chi connectivity index (χ4v) is 2.11. The van der Waals surface area contributed by atoms with Gasteiger partial charge in [-0.05, 0) is 37.0 Å². The number of hydrogen-bond acceptors (Lipinski definition) is 2. The number of aliphatic hydroxyl groups excluding tert-OH is 1. The van der Waals surface area contributed by atoms with E-state index >= 15 is 0 Å². The largest absolute Gasteiger partial charge is 0.390 e. The van der Waals surface area contributed by atoms with Crippen LogP contribution in [0, 0.1) is 11.3 Å². The average molecular weight is 186 g/mol. The molecule has 2 heteroatoms. The second kappa shape index (κ2) is 4.43. The van der Waals surface area contributed by atoms with E-state index in [2.05, 4.69) is 13.8 Å². The molecule has 1 rings (SSSR count). The highest BCUT2D eigenvalue weighted by Crippen LogP contribution is 2.39. The summed E-state index contributed by atoms with van der Waals surface area (Å²) in [6.07, 6.45) is 4.52. The minimum absolute atomic E-state index is 0.249. The van der Waals surface area contributed by atoms with Crippen molar-refractivity contribution in [3.63, 3.8) is 0 Å². The van der Waals surface area contributed by atoms with Crippen LogP contribution in [0.15, 0.2) is 0 Å². The molecule has 1 fully saturated rings. The van der Waals surface area contributed by atoms with E-state index in [9.17, 15) is 5.11 Å². The predicted octanol–water partition coefficient (Wildman–Crippen LogP) is 2.21. The quantitative estimate of drug-likeness (QED) is 0.732. The van der Waals surface area contributed by atoms with Crippen molar-refractivity contribution < 1.29 is 9.84 Å². The Morgan fingerprint density at radius 1 is 1.38 bits per heavy atom. The zero-order valence-electron chi connectivity index (χ0n) is 9.05. The third kappa shape index (κ3) is 3.28. The van der Waals surface area contributed by atoms with Gasteiger partial charge in [0.15, 0.2) is 0 Å². The van der Waals surface area contributed by atoms with Crippen molar-refractivity contribution in [2.45, 2.75) is 45.6 Å². The third-order valence-electron chi connectivity index (χ3n) is 3.27. The summed E-state index contributed by atoms with van der Waals surface area (Å²) >= 11 is 0. The lowest BCUT2D eigenvalue weighted by molar-refractivity contribution is 0.000819. The first-order valence-corrected chi connectivity index (χ1v) is 5.22. The molecule has 0 aliphatic heterocycles. The van der Waals surface area contributed by atoms with Crippen LogP contribution in [0.2, 0.25) is 0 Å². The number of ether oxygens (including phenoxy) is 1. The van der Waals surface area contributed by atoms with Gasteiger partial charge in [0, 0.05) is 7.11 Å². The first-order chi connectivity index (χ1) is 6.05. The highest BCUT2D eigenvalue weighted by Gasteiger charge is 2.30. The second-order valence-corrected chi connectivity index (χ2v) is 5.02. The Morgan fingerprint density at radius 3 is 2.38 bits per heavy atom. The van der Waals surface area contributed by atoms with Crippen LogP contribution in [0.3, 0.4) is 0 Å². The fourth-order valence-electron chi connectivity index (χ4n) is 2.11. The summed E-state index contributed by atoms with van der Waals surface area (Å²) in [5.41, 5.74) is 0.489. The third-order valence-corrected chi connectivity index (χ3v) is 3.27. The van der Waals surface area contributed by atoms with Gasteiger partial charge < -0.3 is 9.84 Å². The smallest absolute Gasteiger partial charge is 0.0801 e. The van der Waals surface area contributed by atoms with Crippen LogP contribution in [-0.4, -0.2) is 24.9 Å². The maximum absolute atomic E-state index is 9.72. The Hall–Kier alpha value is -0.0800. The lowest BCUT2D eigenvalue weighted by atomic mass is 9.72. The Bertz CT molecular complexity index is 144. The van der Waals surface area contributed by atoms with Gasteiger partial charge in [0.2, 0.25) is 0 Å². The van der Waals surface area contributed by atoms with E-state index in [-0.39, 0.29) is 6.10 Å². The van der Waals surface area contributed by atoms with Gasteiger partial charge in [0.05, 0.1) is 12.7 Å². The van der Waals surface area contributed by atoms with Gasteiger partial charge in [0.25, 0.3) is 0 Å². The monoisotopic (exact) mass is 186 g/mol. The summed E-state index contributed by atoms with van der Waals surface area (Å²) in [6.45, 7) is 5.11. The molecule has 1 unspecified atom stereocenters. The summed E-state index contributed by atoms with van der Waals surface area (Å²) in [4.78, 5) is 0. The molecule has 0 heterocycles. The van der Waals surface area contributed by atoms with Crippen LogP contribution in [0.1, 0.15) is 39.5 Å². The van der Waals surface area contributed by atoms with E-state index in [1.807, 2.05) is 0 Å². The van der Waals surface area contributed by atoms with Gasteiger partial charge in [-0.25, -0.2) is 0 Å². The van der Waals surface area contributed by atoms with Gasteiger partial charge in [-0.3, -0.25) is 0 Å². The molecule has 0 aromatic heterocycles. The molecule has 0 spiro atoms. The molecule has 0 aromatic carbocycles. The molecule has 1 N–H and O–H groups in total. The van der Waals surface area contributed by atoms with E-state index in [1.54, 1.807) is 7.11 Å². The first-order valence-electron chi connectivity index (χ1n) is 5.22. The molecule has 1 aliphatic rings. The zero-order valence-corrected chi connectivity index (χ0v) is 9.05. The molecule has 1 atom stereocenters. The molecule has 1 saturated carbocycles. The molecule has 0 bridgehead atoms. The zero-order chi connectivity index (χ0) is 9.90. The van der Waals surface area contributed by atoms with E-state index in [4.69, 9.17) is 4.74 Å². The maximum atomic E-state index is 9.72. The van der Waals surface area contributed by atoms with Crippen molar-refractivity contribution in [2.24, 2.45) is 11.3 Å². The van der Waals surface area contributed by atoms with Crippen molar-refractivity contribution in [1.82, 2.24) is 0 Å². The molecule has 0 amide bonds. The van der Waals surface area contributed by atoms with Gasteiger partial charge in [-0.2, -0.15) is 0 Å². The summed E-state index contributed by atoms with van der Waals surface area (Å²) in [6, 6.07) is 0. The molecule has 13 heavy (non-hydrogen) atoms. The SMILES string of the molecule is COCC(O)C1CCC(C)(C)CC1. The van der Waals surface area contributed by atoms with Gasteiger partial charge in [0.1, 0.15) is 0 Å². The van der Waals surface area contributed by atoms with Crippen LogP contribution >= 0.6 is 0 Å². The first kappa shape index (κ1) is 11.0. The van der Waals surface area contributed by atoms with Gasteiger partial charge in [-0.15, -0.1) is 0 Å². The minimum atomic E-state index is -0.249. The van der Waals surface area contributed by atoms with Crippen LogP contribution in [0.4, 0.5) is 0 Å². The lowest BCUT2D eigenvalue weighted by Crippen LogP contribution is -2.31. The predicted molar refractivity (Wildman–Crippen MR) is 53.6 cm³/mol. The summed E-state index contributed by atoms with van der Waals surface area (Å²) in [5, 5.41) is 9.72. The van der Waals surface area contributed by atoms with Gasteiger partial charge >= 0.3 is 0 Å². The molecular formula is C11H22O2. The second-order valence-electron chi connectivity index (χ2n) is 5.02. The Labute approximate surface area is 81.3 Å². The Kier molecular flexibility index (Phi) is 3.74. The van der Waals surface area contributed by atoms with Crippen molar-refractivity contribution in [2.75, 3.05) is 13.7 Å². The normalized spacial score (nSPS) is 25.8. The highest BCUT2D eigenvalue weighted by molar-refractivity contribution is 4.81. The maximum Gasteiger partial charge on any atom is 0.0801 e. The van der Waals surface area contributed by atoms with Crippen molar-refractivity contribution >= 4 is 0 Å². The standard InChI is InChI=1S/C11H22O2/c1-11(2)6-4-9(5-7-11)10(12)8-13-3/h9-10,12H,4-8H2,1-3H3.